The quantitative estimate of drug-likeness (QED) is 0.641. The average Bonchev–Trinajstić information content (AvgIpc) is 2.69. The number of benzene rings is 2. The van der Waals surface area contributed by atoms with Crippen LogP contribution in [0.15, 0.2) is 51.1 Å². The van der Waals surface area contributed by atoms with Gasteiger partial charge >= 0.3 is 5.69 Å². The van der Waals surface area contributed by atoms with Gasteiger partial charge in [-0.25, -0.2) is 4.79 Å². The summed E-state index contributed by atoms with van der Waals surface area (Å²) >= 11 is 6.16. The second-order valence-corrected chi connectivity index (χ2v) is 6.64. The van der Waals surface area contributed by atoms with Crippen molar-refractivity contribution in [2.75, 3.05) is 7.11 Å². The molecule has 146 valence electrons. The van der Waals surface area contributed by atoms with E-state index in [2.05, 4.69) is 10.1 Å². The van der Waals surface area contributed by atoms with Gasteiger partial charge in [0.2, 0.25) is 0 Å². The molecule has 1 unspecified atom stereocenters. The van der Waals surface area contributed by atoms with Crippen molar-refractivity contribution in [1.29, 1.82) is 0 Å². The van der Waals surface area contributed by atoms with Gasteiger partial charge in [0, 0.05) is 16.7 Å². The lowest BCUT2D eigenvalue weighted by atomic mass is 10.2. The number of hydrogen-bond donors (Lipinski definition) is 1. The predicted octanol–water partition coefficient (Wildman–Crippen LogP) is 3.41. The molecule has 0 bridgehead atoms. The lowest BCUT2D eigenvalue weighted by molar-refractivity contribution is 0.207. The molecule has 1 N–H and O–H groups in total. The number of halogens is 1. The fourth-order valence-corrected chi connectivity index (χ4v) is 2.84. The van der Waals surface area contributed by atoms with Crippen molar-refractivity contribution in [1.82, 2.24) is 9.66 Å². The molecule has 2 aromatic carbocycles. The maximum Gasteiger partial charge on any atom is 0.349 e. The highest BCUT2D eigenvalue weighted by molar-refractivity contribution is 6.31. The van der Waals surface area contributed by atoms with E-state index < -0.39 is 11.2 Å². The summed E-state index contributed by atoms with van der Waals surface area (Å²) in [5.74, 6) is 0.879. The highest BCUT2D eigenvalue weighted by Crippen LogP contribution is 2.34. The zero-order valence-corrected chi connectivity index (χ0v) is 16.5. The summed E-state index contributed by atoms with van der Waals surface area (Å²) in [6.07, 6.45) is 2.07. The summed E-state index contributed by atoms with van der Waals surface area (Å²) < 4.78 is 12.1. The summed E-state index contributed by atoms with van der Waals surface area (Å²) in [6.45, 7) is 3.92. The molecule has 0 aliphatic rings. The molecule has 0 fully saturated rings. The molecular weight excluding hydrogens is 382 g/mol. The van der Waals surface area contributed by atoms with E-state index in [9.17, 15) is 9.59 Å². The third kappa shape index (κ3) is 3.94. The summed E-state index contributed by atoms with van der Waals surface area (Å²) in [5.41, 5.74) is -0.217. The first kappa shape index (κ1) is 19.7. The normalized spacial score (nSPS) is 12.4. The molecular formula is C20H20ClN3O4. The average molecular weight is 402 g/mol. The van der Waals surface area contributed by atoms with Crippen molar-refractivity contribution >= 4 is 28.7 Å². The molecule has 0 amide bonds. The number of H-pyrrole nitrogens is 1. The van der Waals surface area contributed by atoms with E-state index in [1.54, 1.807) is 36.4 Å². The van der Waals surface area contributed by atoms with E-state index in [-0.39, 0.29) is 6.10 Å². The van der Waals surface area contributed by atoms with E-state index in [1.165, 1.54) is 13.3 Å². The lowest BCUT2D eigenvalue weighted by Crippen LogP contribution is -2.32. The van der Waals surface area contributed by atoms with Gasteiger partial charge in [-0.05, 0) is 31.5 Å². The van der Waals surface area contributed by atoms with Crippen LogP contribution in [0.5, 0.6) is 11.5 Å². The maximum atomic E-state index is 12.6. The van der Waals surface area contributed by atoms with Gasteiger partial charge in [-0.1, -0.05) is 30.7 Å². The Morgan fingerprint density at radius 3 is 2.75 bits per heavy atom. The molecule has 0 radical (unpaired) electrons. The molecule has 8 heteroatoms. The van der Waals surface area contributed by atoms with Gasteiger partial charge in [-0.3, -0.25) is 4.79 Å². The van der Waals surface area contributed by atoms with Gasteiger partial charge in [0.05, 0.1) is 30.3 Å². The Kier molecular flexibility index (Phi) is 5.84. The topological polar surface area (TPSA) is 85.7 Å². The second-order valence-electron chi connectivity index (χ2n) is 6.20. The molecule has 3 aromatic rings. The maximum absolute atomic E-state index is 12.6. The smallest absolute Gasteiger partial charge is 0.349 e. The second kappa shape index (κ2) is 8.31. The van der Waals surface area contributed by atoms with Crippen LogP contribution >= 0.6 is 11.6 Å². The number of nitrogens with one attached hydrogen (secondary N) is 1. The third-order valence-corrected chi connectivity index (χ3v) is 4.48. The van der Waals surface area contributed by atoms with Crippen LogP contribution in [0, 0.1) is 0 Å². The number of aromatic nitrogens is 2. The molecule has 0 saturated carbocycles. The highest BCUT2D eigenvalue weighted by atomic mass is 35.5. The van der Waals surface area contributed by atoms with E-state index in [0.717, 1.165) is 11.1 Å². The van der Waals surface area contributed by atoms with Crippen LogP contribution in [-0.2, 0) is 0 Å². The molecule has 0 saturated heterocycles. The van der Waals surface area contributed by atoms with Crippen LogP contribution in [0.1, 0.15) is 25.8 Å². The Morgan fingerprint density at radius 1 is 1.29 bits per heavy atom. The SMILES string of the molecule is CCC(C)Oc1c(C=Nn2c(=O)[nH]c3ccccc3c2=O)cc(Cl)cc1OC. The number of methoxy groups -OCH3 is 1. The first-order valence-corrected chi connectivity index (χ1v) is 9.15. The van der Waals surface area contributed by atoms with Crippen molar-refractivity contribution in [3.8, 4) is 11.5 Å². The largest absolute Gasteiger partial charge is 0.493 e. The first-order valence-electron chi connectivity index (χ1n) is 8.77. The fraction of sp³-hybridized carbons (Fsp3) is 0.250. The summed E-state index contributed by atoms with van der Waals surface area (Å²) in [6, 6.07) is 10.0. The summed E-state index contributed by atoms with van der Waals surface area (Å²) in [4.78, 5) is 27.5. The van der Waals surface area contributed by atoms with E-state index in [0.29, 0.717) is 33.0 Å². The molecule has 28 heavy (non-hydrogen) atoms. The Balaban J connectivity index is 2.12. The van der Waals surface area contributed by atoms with Gasteiger partial charge in [0.15, 0.2) is 11.5 Å². The molecule has 0 aliphatic heterocycles. The minimum atomic E-state index is -0.640. The van der Waals surface area contributed by atoms with Gasteiger partial charge in [-0.15, -0.1) is 4.68 Å². The van der Waals surface area contributed by atoms with Crippen molar-refractivity contribution in [2.24, 2.45) is 5.10 Å². The summed E-state index contributed by atoms with van der Waals surface area (Å²) in [7, 11) is 1.51. The number of aromatic amines is 1. The van der Waals surface area contributed by atoms with Crippen LogP contribution < -0.4 is 20.7 Å². The van der Waals surface area contributed by atoms with Crippen molar-refractivity contribution in [2.45, 2.75) is 26.4 Å². The third-order valence-electron chi connectivity index (χ3n) is 4.26. The number of hydrogen-bond acceptors (Lipinski definition) is 5. The van der Waals surface area contributed by atoms with Crippen LogP contribution in [0.2, 0.25) is 5.02 Å². The Morgan fingerprint density at radius 2 is 2.04 bits per heavy atom. The number of rotatable bonds is 6. The monoisotopic (exact) mass is 401 g/mol. The van der Waals surface area contributed by atoms with Crippen LogP contribution in [0.4, 0.5) is 0 Å². The molecule has 3 rings (SSSR count). The van der Waals surface area contributed by atoms with Gasteiger partial charge in [0.1, 0.15) is 0 Å². The van der Waals surface area contributed by atoms with E-state index in [1.807, 2.05) is 13.8 Å². The molecule has 1 heterocycles. The van der Waals surface area contributed by atoms with Crippen molar-refractivity contribution in [3.05, 3.63) is 67.8 Å². The van der Waals surface area contributed by atoms with Crippen LogP contribution in [0.25, 0.3) is 10.9 Å². The number of nitrogens with zero attached hydrogens (tertiary/aromatic N) is 2. The Labute approximate surface area is 166 Å². The van der Waals surface area contributed by atoms with E-state index in [4.69, 9.17) is 21.1 Å². The zero-order valence-electron chi connectivity index (χ0n) is 15.7. The minimum Gasteiger partial charge on any atom is -0.493 e. The molecule has 1 atom stereocenters. The lowest BCUT2D eigenvalue weighted by Gasteiger charge is -2.18. The fourth-order valence-electron chi connectivity index (χ4n) is 2.62. The molecule has 7 nitrogen and oxygen atoms in total. The van der Waals surface area contributed by atoms with Crippen molar-refractivity contribution in [3.63, 3.8) is 0 Å². The van der Waals surface area contributed by atoms with Gasteiger partial charge < -0.3 is 14.5 Å². The van der Waals surface area contributed by atoms with Gasteiger partial charge in [0.25, 0.3) is 5.56 Å². The number of ether oxygens (including phenoxy) is 2. The molecule has 0 spiro atoms. The first-order chi connectivity index (χ1) is 13.4. The Hall–Kier alpha value is -3.06. The van der Waals surface area contributed by atoms with E-state index >= 15 is 0 Å². The van der Waals surface area contributed by atoms with Crippen molar-refractivity contribution < 1.29 is 9.47 Å². The number of para-hydroxylation sites is 1. The summed E-state index contributed by atoms with van der Waals surface area (Å²) in [5, 5.41) is 4.85. The zero-order chi connectivity index (χ0) is 20.3. The minimum absolute atomic E-state index is 0.0750. The Bertz CT molecular complexity index is 1150. The predicted molar refractivity (Wildman–Crippen MR) is 110 cm³/mol. The standard InChI is InChI=1S/C20H20ClN3O4/c1-4-12(2)28-18-13(9-14(21)10-17(18)27-3)11-22-24-19(25)15-7-5-6-8-16(15)23-20(24)26/h5-12H,4H2,1-3H3,(H,23,26). The highest BCUT2D eigenvalue weighted by Gasteiger charge is 2.15. The molecule has 0 aliphatic carbocycles. The van der Waals surface area contributed by atoms with Crippen LogP contribution in [0.3, 0.4) is 0 Å². The molecule has 1 aromatic heterocycles. The van der Waals surface area contributed by atoms with Gasteiger partial charge in [-0.2, -0.15) is 5.10 Å². The number of fused-ring (bicyclic) bond motifs is 1. The van der Waals surface area contributed by atoms with Crippen LogP contribution in [-0.4, -0.2) is 29.1 Å².